The third-order valence-electron chi connectivity index (χ3n) is 14.4. The summed E-state index contributed by atoms with van der Waals surface area (Å²) in [5.74, 6) is 0.672. The summed E-state index contributed by atoms with van der Waals surface area (Å²) in [4.78, 5) is 11.3. The second-order valence-corrected chi connectivity index (χ2v) is 17.6. The van der Waals surface area contributed by atoms with E-state index in [0.717, 1.165) is 33.2 Å². The van der Waals surface area contributed by atoms with E-state index in [4.69, 9.17) is 9.97 Å². The number of para-hydroxylation sites is 2. The third kappa shape index (κ3) is 4.00. The van der Waals surface area contributed by atoms with Gasteiger partial charge in [-0.1, -0.05) is 184 Å². The van der Waals surface area contributed by atoms with Crippen molar-refractivity contribution in [2.24, 2.45) is 0 Å². The highest BCUT2D eigenvalue weighted by Gasteiger charge is 2.53. The van der Waals surface area contributed by atoms with Gasteiger partial charge in [0.25, 0.3) is 0 Å². The molecule has 3 aliphatic rings. The molecule has 3 aliphatic carbocycles. The van der Waals surface area contributed by atoms with Crippen LogP contribution in [0.5, 0.6) is 0 Å². The summed E-state index contributed by atoms with van der Waals surface area (Å²) < 4.78 is 2.41. The van der Waals surface area contributed by atoms with Gasteiger partial charge in [-0.15, -0.1) is 0 Å². The average molecular weight is 776 g/mol. The number of hydrogen-bond acceptors (Lipinski definition) is 2. The van der Waals surface area contributed by atoms with Crippen LogP contribution in [0.4, 0.5) is 0 Å². The zero-order valence-corrected chi connectivity index (χ0v) is 33.7. The quantitative estimate of drug-likeness (QED) is 0.175. The molecule has 3 heteroatoms. The molecule has 284 valence electrons. The van der Waals surface area contributed by atoms with Crippen LogP contribution < -0.4 is 0 Å². The maximum Gasteiger partial charge on any atom is 0.235 e. The molecule has 9 aromatic carbocycles. The van der Waals surface area contributed by atoms with Gasteiger partial charge in [0.05, 0.1) is 27.7 Å². The van der Waals surface area contributed by atoms with Crippen LogP contribution in [-0.2, 0) is 10.8 Å². The first-order valence-corrected chi connectivity index (χ1v) is 21.3. The van der Waals surface area contributed by atoms with Crippen molar-refractivity contribution in [1.82, 2.24) is 14.5 Å². The molecule has 0 aliphatic heterocycles. The Kier molecular flexibility index (Phi) is 6.30. The lowest BCUT2D eigenvalue weighted by Gasteiger charge is -2.31. The minimum atomic E-state index is -0.576. The molecule has 2 aromatic heterocycles. The fraction of sp³-hybridized carbons (Fsp3) is 0.0690. The molecule has 0 saturated heterocycles. The van der Waals surface area contributed by atoms with Crippen LogP contribution >= 0.6 is 0 Å². The van der Waals surface area contributed by atoms with E-state index in [1.54, 1.807) is 0 Å². The molecule has 0 bridgehead atoms. The van der Waals surface area contributed by atoms with Crippen LogP contribution in [0.3, 0.4) is 0 Å². The van der Waals surface area contributed by atoms with Gasteiger partial charge in [-0.2, -0.15) is 0 Å². The Bertz CT molecular complexity index is 3710. The largest absolute Gasteiger partial charge is 0.277 e. The summed E-state index contributed by atoms with van der Waals surface area (Å²) in [6.45, 7) is 4.70. The van der Waals surface area contributed by atoms with Crippen LogP contribution in [0.2, 0.25) is 0 Å². The van der Waals surface area contributed by atoms with E-state index in [1.807, 2.05) is 0 Å². The third-order valence-corrected chi connectivity index (χ3v) is 14.4. The summed E-state index contributed by atoms with van der Waals surface area (Å²) in [6.07, 6.45) is 0. The van der Waals surface area contributed by atoms with Crippen LogP contribution in [0.1, 0.15) is 47.2 Å². The molecule has 2 heterocycles. The van der Waals surface area contributed by atoms with Crippen LogP contribution in [0, 0.1) is 0 Å². The van der Waals surface area contributed by atoms with Gasteiger partial charge in [0.15, 0.2) is 0 Å². The van der Waals surface area contributed by atoms with Crippen molar-refractivity contribution in [3.8, 4) is 50.6 Å². The van der Waals surface area contributed by atoms with Crippen molar-refractivity contribution in [2.45, 2.75) is 24.7 Å². The maximum absolute atomic E-state index is 5.75. The lowest BCUT2D eigenvalue weighted by atomic mass is 9.70. The van der Waals surface area contributed by atoms with Crippen LogP contribution in [0.15, 0.2) is 188 Å². The van der Waals surface area contributed by atoms with Gasteiger partial charge < -0.3 is 0 Å². The van der Waals surface area contributed by atoms with Gasteiger partial charge in [0.2, 0.25) is 5.95 Å². The second-order valence-electron chi connectivity index (χ2n) is 17.6. The topological polar surface area (TPSA) is 30.7 Å². The molecule has 61 heavy (non-hydrogen) atoms. The summed E-state index contributed by atoms with van der Waals surface area (Å²) in [6, 6.07) is 69.6. The van der Waals surface area contributed by atoms with Crippen LogP contribution in [0.25, 0.3) is 94.1 Å². The molecule has 0 N–H and O–H groups in total. The number of rotatable bonds is 2. The summed E-state index contributed by atoms with van der Waals surface area (Å²) in [5.41, 5.74) is 20.2. The first-order chi connectivity index (χ1) is 30.0. The molecule has 0 atom stereocenters. The molecule has 0 saturated carbocycles. The molecule has 0 radical (unpaired) electrons. The molecular formula is C58H37N3. The Morgan fingerprint density at radius 1 is 0.426 bits per heavy atom. The molecule has 3 nitrogen and oxygen atoms in total. The van der Waals surface area contributed by atoms with E-state index in [2.05, 4.69) is 206 Å². The highest BCUT2D eigenvalue weighted by atomic mass is 15.2. The van der Waals surface area contributed by atoms with Crippen molar-refractivity contribution in [1.29, 1.82) is 0 Å². The van der Waals surface area contributed by atoms with Gasteiger partial charge in [0.1, 0.15) is 0 Å². The molecular weight excluding hydrogens is 739 g/mol. The maximum atomic E-state index is 5.75. The summed E-state index contributed by atoms with van der Waals surface area (Å²) in [7, 11) is 0. The fourth-order valence-corrected chi connectivity index (χ4v) is 12.0. The van der Waals surface area contributed by atoms with Crippen molar-refractivity contribution in [3.05, 3.63) is 221 Å². The number of nitrogens with zero attached hydrogens (tertiary/aromatic N) is 3. The molecule has 0 unspecified atom stereocenters. The molecule has 0 amide bonds. The van der Waals surface area contributed by atoms with E-state index >= 15 is 0 Å². The van der Waals surface area contributed by atoms with Gasteiger partial charge in [-0.05, 0) is 90.2 Å². The zero-order chi connectivity index (χ0) is 40.2. The molecule has 0 fully saturated rings. The SMILES string of the molecule is CC1(C)c2ccccc2-c2ccc(-c3nc(-n4c5ccccc5c5c6ccccc6c6c(c54)C4(c5ccccc5-c5ccccc54)c4ccccc4-6)nc4ccccc34)cc21. The average Bonchev–Trinajstić information content (AvgIpc) is 3.99. The number of benzene rings is 9. The summed E-state index contributed by atoms with van der Waals surface area (Å²) >= 11 is 0. The highest BCUT2D eigenvalue weighted by molar-refractivity contribution is 6.27. The first-order valence-electron chi connectivity index (χ1n) is 21.3. The Hall–Kier alpha value is -7.62. The van der Waals surface area contributed by atoms with Crippen molar-refractivity contribution >= 4 is 43.5 Å². The minimum Gasteiger partial charge on any atom is -0.277 e. The zero-order valence-electron chi connectivity index (χ0n) is 33.7. The first kappa shape index (κ1) is 33.2. The number of aromatic nitrogens is 3. The lowest BCUT2D eigenvalue weighted by Crippen LogP contribution is -2.26. The fourth-order valence-electron chi connectivity index (χ4n) is 12.0. The monoisotopic (exact) mass is 775 g/mol. The minimum absolute atomic E-state index is 0.140. The van der Waals surface area contributed by atoms with Crippen molar-refractivity contribution < 1.29 is 0 Å². The van der Waals surface area contributed by atoms with Crippen molar-refractivity contribution in [2.75, 3.05) is 0 Å². The normalized spacial score (nSPS) is 14.7. The second kappa shape index (κ2) is 11.6. The number of fused-ring (bicyclic) bond motifs is 21. The van der Waals surface area contributed by atoms with E-state index < -0.39 is 5.41 Å². The van der Waals surface area contributed by atoms with Gasteiger partial charge >= 0.3 is 0 Å². The van der Waals surface area contributed by atoms with Crippen LogP contribution in [-0.4, -0.2) is 14.5 Å². The summed E-state index contributed by atoms with van der Waals surface area (Å²) in [5, 5.41) is 5.96. The smallest absolute Gasteiger partial charge is 0.235 e. The highest BCUT2D eigenvalue weighted by Crippen LogP contribution is 2.66. The molecule has 11 aromatic rings. The standard InChI is InChI=1S/C58H37N3/c1-57(2)44-25-11-5-17-35(44)38-32-31-34(33-48(38)57)54-42-23-9-15-29-49(42)59-56(60-54)61-50-30-16-10-24-43(50)52-40-21-4-3-20-39(40)51-41-22-8-14-28-47(41)58(53(51)55(52)61)45-26-12-6-18-36(45)37-19-7-13-27-46(37)58/h3-33H,1-2H3. The predicted octanol–water partition coefficient (Wildman–Crippen LogP) is 14.2. The van der Waals surface area contributed by atoms with Gasteiger partial charge in [-0.25, -0.2) is 9.97 Å². The van der Waals surface area contributed by atoms with E-state index in [-0.39, 0.29) is 5.41 Å². The van der Waals surface area contributed by atoms with Gasteiger partial charge in [0, 0.05) is 32.7 Å². The van der Waals surface area contributed by atoms with E-state index in [1.165, 1.54) is 88.3 Å². The van der Waals surface area contributed by atoms with Gasteiger partial charge in [-0.3, -0.25) is 4.57 Å². The Morgan fingerprint density at radius 2 is 0.951 bits per heavy atom. The van der Waals surface area contributed by atoms with E-state index in [0.29, 0.717) is 5.95 Å². The Labute approximate surface area is 353 Å². The lowest BCUT2D eigenvalue weighted by molar-refractivity contribution is 0.660. The van der Waals surface area contributed by atoms with E-state index in [9.17, 15) is 0 Å². The van der Waals surface area contributed by atoms with Crippen molar-refractivity contribution in [3.63, 3.8) is 0 Å². The Morgan fingerprint density at radius 3 is 1.67 bits per heavy atom. The Balaban J connectivity index is 1.16. The molecule has 14 rings (SSSR count). The number of hydrogen-bond donors (Lipinski definition) is 0. The molecule has 1 spiro atoms. The predicted molar refractivity (Wildman–Crippen MR) is 251 cm³/mol.